The zero-order valence-electron chi connectivity index (χ0n) is 9.71. The van der Waals surface area contributed by atoms with E-state index in [9.17, 15) is 28.2 Å². The molecular weight excluding hydrogens is 333 g/mol. The smallest absolute Gasteiger partial charge is 0.466 e. The molecule has 0 aromatic carbocycles. The van der Waals surface area contributed by atoms with Crippen LogP contribution in [0.1, 0.15) is 12.8 Å². The third-order valence-corrected chi connectivity index (χ3v) is 0.763. The Morgan fingerprint density at radius 1 is 0.810 bits per heavy atom. The summed E-state index contributed by atoms with van der Waals surface area (Å²) in [6, 6.07) is 0. The minimum atomic E-state index is -4.64. The molecule has 0 aromatic heterocycles. The summed E-state index contributed by atoms with van der Waals surface area (Å²) in [4.78, 5) is 64.9. The summed E-state index contributed by atoms with van der Waals surface area (Å²) in [5.74, 6) is -5.60. The van der Waals surface area contributed by atoms with Gasteiger partial charge in [0.2, 0.25) is 0 Å². The summed E-state index contributed by atoms with van der Waals surface area (Å²) in [5, 5.41) is 15.5. The van der Waals surface area contributed by atoms with Crippen LogP contribution in [0.25, 0.3) is 0 Å². The van der Waals surface area contributed by atoms with E-state index < -0.39 is 44.5 Å². The molecule has 0 unspecified atom stereocenters. The van der Waals surface area contributed by atoms with Crippen LogP contribution in [0, 0.1) is 0 Å². The molecule has 0 spiro atoms. The number of rotatable bonds is 4. The van der Waals surface area contributed by atoms with Crippen molar-refractivity contribution >= 4 is 31.7 Å². The first-order valence-electron chi connectivity index (χ1n) is 4.18. The molecule has 0 saturated heterocycles. The van der Waals surface area contributed by atoms with Gasteiger partial charge in [-0.2, -0.15) is 0 Å². The lowest BCUT2D eigenvalue weighted by Gasteiger charge is -1.84. The summed E-state index contributed by atoms with van der Waals surface area (Å²) in [7, 11) is -4.64. The molecule has 0 atom stereocenters. The average Bonchev–Trinajstić information content (AvgIpc) is 2.25. The van der Waals surface area contributed by atoms with Crippen molar-refractivity contribution in [2.24, 2.45) is 0 Å². The quantitative estimate of drug-likeness (QED) is 0.303. The SMILES string of the molecule is O=C(O)CC(=O)OF.O=C(O)CC(=O)OF.O=P(O)(O)O. The van der Waals surface area contributed by atoms with Gasteiger partial charge in [0, 0.05) is 9.05 Å². The first-order valence-corrected chi connectivity index (χ1v) is 5.74. The molecule has 0 heterocycles. The van der Waals surface area contributed by atoms with Crippen molar-refractivity contribution in [1.82, 2.24) is 0 Å². The van der Waals surface area contributed by atoms with Crippen LogP contribution in [0.5, 0.6) is 0 Å². The first-order chi connectivity index (χ1) is 9.33. The van der Waals surface area contributed by atoms with Crippen LogP contribution < -0.4 is 0 Å². The van der Waals surface area contributed by atoms with Gasteiger partial charge in [-0.05, 0) is 0 Å². The maximum atomic E-state index is 10.6. The van der Waals surface area contributed by atoms with Gasteiger partial charge in [-0.25, -0.2) is 14.2 Å². The number of hydrogen-bond donors (Lipinski definition) is 5. The van der Waals surface area contributed by atoms with Crippen LogP contribution in [-0.2, 0) is 33.6 Å². The number of carbonyl (C=O) groups excluding carboxylic acids is 2. The highest BCUT2D eigenvalue weighted by Gasteiger charge is 2.08. The highest BCUT2D eigenvalue weighted by molar-refractivity contribution is 7.45. The number of hydrogen-bond acceptors (Lipinski definition) is 7. The van der Waals surface area contributed by atoms with Gasteiger partial charge in [0.1, 0.15) is 12.8 Å². The van der Waals surface area contributed by atoms with Gasteiger partial charge in [-0.3, -0.25) is 19.5 Å². The van der Waals surface area contributed by atoms with Crippen LogP contribution in [0.4, 0.5) is 9.05 Å². The molecule has 0 aliphatic carbocycles. The van der Waals surface area contributed by atoms with Crippen LogP contribution in [0.3, 0.4) is 0 Å². The summed E-state index contributed by atoms with van der Waals surface area (Å²) < 4.78 is 30.2. The van der Waals surface area contributed by atoms with Crippen molar-refractivity contribution in [3.8, 4) is 0 Å². The van der Waals surface area contributed by atoms with Gasteiger partial charge in [0.15, 0.2) is 0 Å². The summed E-state index contributed by atoms with van der Waals surface area (Å²) >= 11 is 0. The lowest BCUT2D eigenvalue weighted by molar-refractivity contribution is -0.186. The van der Waals surface area contributed by atoms with Crippen LogP contribution >= 0.6 is 7.82 Å². The molecule has 5 N–H and O–H groups in total. The van der Waals surface area contributed by atoms with Gasteiger partial charge < -0.3 is 24.9 Å². The van der Waals surface area contributed by atoms with E-state index in [4.69, 9.17) is 29.5 Å². The Morgan fingerprint density at radius 3 is 1.05 bits per heavy atom. The van der Waals surface area contributed by atoms with Crippen LogP contribution in [-0.4, -0.2) is 48.8 Å². The predicted molar refractivity (Wildman–Crippen MR) is 53.2 cm³/mol. The second-order valence-corrected chi connectivity index (χ2v) is 3.58. The Hall–Kier alpha value is -2.15. The maximum absolute atomic E-state index is 10.6. The van der Waals surface area contributed by atoms with Gasteiger partial charge in [-0.15, -0.1) is 0 Å². The Bertz CT molecular complexity index is 366. The van der Waals surface area contributed by atoms with Gasteiger partial charge in [0.25, 0.3) is 0 Å². The molecular formula is C6H9F2O12P. The molecule has 0 saturated carbocycles. The lowest BCUT2D eigenvalue weighted by Crippen LogP contribution is -2.05. The van der Waals surface area contributed by atoms with Crippen LogP contribution in [0.2, 0.25) is 0 Å². The Morgan fingerprint density at radius 2 is 1.00 bits per heavy atom. The van der Waals surface area contributed by atoms with Crippen molar-refractivity contribution in [3.63, 3.8) is 0 Å². The number of aliphatic carboxylic acids is 2. The fraction of sp³-hybridized carbons (Fsp3) is 0.333. The molecule has 0 rings (SSSR count). The molecule has 0 radical (unpaired) electrons. The molecule has 0 amide bonds. The molecule has 12 nitrogen and oxygen atoms in total. The normalized spacial score (nSPS) is 9.00. The largest absolute Gasteiger partial charge is 0.481 e. The third kappa shape index (κ3) is 46.2. The van der Waals surface area contributed by atoms with E-state index in [-0.39, 0.29) is 0 Å². The molecule has 0 aromatic rings. The van der Waals surface area contributed by atoms with E-state index in [0.29, 0.717) is 0 Å². The average molecular weight is 342 g/mol. The summed E-state index contributed by atoms with van der Waals surface area (Å²) in [5.41, 5.74) is 0. The molecule has 0 aliphatic heterocycles. The third-order valence-electron chi connectivity index (χ3n) is 0.763. The van der Waals surface area contributed by atoms with E-state index in [0.717, 1.165) is 0 Å². The molecule has 0 bridgehead atoms. The Labute approximate surface area is 113 Å². The standard InChI is InChI=1S/2C3H3FO4.H3O4P/c2*4-8-3(7)1-2(5)6;1-5(2,3)4/h2*1H2,(H,5,6);(H3,1,2,3,4). The molecule has 15 heteroatoms. The minimum Gasteiger partial charge on any atom is -0.481 e. The molecule has 21 heavy (non-hydrogen) atoms. The van der Waals surface area contributed by atoms with Crippen LogP contribution in [0.15, 0.2) is 0 Å². The maximum Gasteiger partial charge on any atom is 0.466 e. The fourth-order valence-corrected chi connectivity index (χ4v) is 0.302. The second kappa shape index (κ2) is 12.9. The molecule has 0 aliphatic rings. The number of carbonyl (C=O) groups is 4. The van der Waals surface area contributed by atoms with Gasteiger partial charge >= 0.3 is 31.7 Å². The molecule has 0 fully saturated rings. The highest BCUT2D eigenvalue weighted by atomic mass is 31.2. The number of carboxylic acids is 2. The fourth-order valence-electron chi connectivity index (χ4n) is 0.302. The summed E-state index contributed by atoms with van der Waals surface area (Å²) in [6.45, 7) is 0. The second-order valence-electron chi connectivity index (χ2n) is 2.55. The summed E-state index contributed by atoms with van der Waals surface area (Å²) in [6.07, 6.45) is -1.87. The zero-order chi connectivity index (χ0) is 17.6. The van der Waals surface area contributed by atoms with Crippen molar-refractivity contribution in [2.75, 3.05) is 0 Å². The highest BCUT2D eigenvalue weighted by Crippen LogP contribution is 2.25. The Kier molecular flexibility index (Phi) is 14.6. The van der Waals surface area contributed by atoms with Gasteiger partial charge in [-0.1, -0.05) is 0 Å². The van der Waals surface area contributed by atoms with E-state index >= 15 is 0 Å². The van der Waals surface area contributed by atoms with Gasteiger partial charge in [0.05, 0.1) is 0 Å². The van der Waals surface area contributed by atoms with E-state index in [1.165, 1.54) is 0 Å². The van der Waals surface area contributed by atoms with E-state index in [1.807, 2.05) is 0 Å². The molecule has 124 valence electrons. The first kappa shape index (κ1) is 23.9. The minimum absolute atomic E-state index is 0.934. The monoisotopic (exact) mass is 342 g/mol. The number of phosphoric acid groups is 1. The van der Waals surface area contributed by atoms with E-state index in [2.05, 4.69) is 9.88 Å². The van der Waals surface area contributed by atoms with E-state index in [1.54, 1.807) is 0 Å². The zero-order valence-corrected chi connectivity index (χ0v) is 10.6. The van der Waals surface area contributed by atoms with Crippen molar-refractivity contribution in [1.29, 1.82) is 0 Å². The topological polar surface area (TPSA) is 205 Å². The Balaban J connectivity index is -0.000000239. The number of halogens is 2. The van der Waals surface area contributed by atoms with Crippen molar-refractivity contribution in [3.05, 3.63) is 0 Å². The number of carboxylic acid groups (broad SMARTS) is 2. The van der Waals surface area contributed by atoms with Crippen molar-refractivity contribution < 1.29 is 67.6 Å². The van der Waals surface area contributed by atoms with Crippen molar-refractivity contribution in [2.45, 2.75) is 12.8 Å². The predicted octanol–water partition coefficient (Wildman–Crippen LogP) is -1.15. The lowest BCUT2D eigenvalue weighted by atomic mass is 10.5.